The summed E-state index contributed by atoms with van der Waals surface area (Å²) in [4.78, 5) is 15.9. The maximum atomic E-state index is 15.0. The lowest BCUT2D eigenvalue weighted by Crippen LogP contribution is -2.01. The van der Waals surface area contributed by atoms with Gasteiger partial charge in [-0.1, -0.05) is 12.1 Å². The monoisotopic (exact) mass is 354 g/mol. The second-order valence-electron chi connectivity index (χ2n) is 5.40. The molecule has 1 aromatic heterocycles. The first-order valence-corrected chi connectivity index (χ1v) is 7.57. The molecule has 0 amide bonds. The van der Waals surface area contributed by atoms with E-state index in [-0.39, 0.29) is 22.6 Å². The van der Waals surface area contributed by atoms with Gasteiger partial charge in [0.1, 0.15) is 23.0 Å². The summed E-state index contributed by atoms with van der Waals surface area (Å²) in [7, 11) is 0. The molecule has 0 saturated heterocycles. The van der Waals surface area contributed by atoms with Crippen molar-refractivity contribution < 1.29 is 13.2 Å². The van der Waals surface area contributed by atoms with Crippen LogP contribution in [0.2, 0.25) is 0 Å². The maximum Gasteiger partial charge on any atom is 0.179 e. The van der Waals surface area contributed by atoms with E-state index in [2.05, 4.69) is 26.7 Å². The van der Waals surface area contributed by atoms with Crippen molar-refractivity contribution in [1.29, 1.82) is 0 Å². The molecule has 0 atom stereocenters. The number of aromatic nitrogens is 2. The van der Waals surface area contributed by atoms with E-state index >= 15 is 4.39 Å². The molecule has 3 aromatic rings. The zero-order valence-corrected chi connectivity index (χ0v) is 13.7. The standard InChI is InChI=1S/C19H13F3N4/c1-11-3-5-14(13-6-4-12(20)9-15(13)21)17(22)18(11)26-19(23-2)16-10-24-7-8-25-16/h3-10H,2H2,1H3. The van der Waals surface area contributed by atoms with Gasteiger partial charge < -0.3 is 0 Å². The zero-order valence-electron chi connectivity index (χ0n) is 13.7. The van der Waals surface area contributed by atoms with Crippen LogP contribution in [-0.4, -0.2) is 22.5 Å². The first kappa shape index (κ1) is 17.5. The molecule has 7 heteroatoms. The van der Waals surface area contributed by atoms with Crippen molar-refractivity contribution in [1.82, 2.24) is 9.97 Å². The number of hydrogen-bond donors (Lipinski definition) is 0. The van der Waals surface area contributed by atoms with Gasteiger partial charge in [0.05, 0.1) is 6.20 Å². The van der Waals surface area contributed by atoms with E-state index in [9.17, 15) is 8.78 Å². The van der Waals surface area contributed by atoms with Gasteiger partial charge in [0, 0.05) is 29.6 Å². The van der Waals surface area contributed by atoms with Crippen LogP contribution < -0.4 is 0 Å². The minimum atomic E-state index is -0.862. The SMILES string of the molecule is C=NC(=Nc1c(C)ccc(-c2ccc(F)cc2F)c1F)c1cnccn1. The molecule has 0 aliphatic carbocycles. The van der Waals surface area contributed by atoms with E-state index in [1.165, 1.54) is 30.7 Å². The Labute approximate surface area is 147 Å². The van der Waals surface area contributed by atoms with Gasteiger partial charge in [0.2, 0.25) is 0 Å². The molecule has 130 valence electrons. The van der Waals surface area contributed by atoms with Crippen LogP contribution in [0, 0.1) is 24.4 Å². The first-order valence-electron chi connectivity index (χ1n) is 7.57. The number of amidine groups is 1. The summed E-state index contributed by atoms with van der Waals surface area (Å²) in [5.74, 6) is -2.27. The van der Waals surface area contributed by atoms with Crippen molar-refractivity contribution in [2.45, 2.75) is 6.92 Å². The number of benzene rings is 2. The summed E-state index contributed by atoms with van der Waals surface area (Å²) in [6, 6.07) is 5.97. The molecule has 4 nitrogen and oxygen atoms in total. The molecule has 3 rings (SSSR count). The Morgan fingerprint density at radius 1 is 1.04 bits per heavy atom. The Hall–Kier alpha value is -3.35. The molecule has 0 saturated carbocycles. The molecule has 0 radical (unpaired) electrons. The van der Waals surface area contributed by atoms with Crippen LogP contribution in [0.15, 0.2) is 58.9 Å². The number of rotatable bonds is 3. The third-order valence-corrected chi connectivity index (χ3v) is 3.70. The predicted molar refractivity (Wildman–Crippen MR) is 94.3 cm³/mol. The minimum absolute atomic E-state index is 0.0284. The normalized spacial score (nSPS) is 11.5. The fraction of sp³-hybridized carbons (Fsp3) is 0.0526. The Kier molecular flexibility index (Phi) is 4.88. The number of nitrogens with zero attached hydrogens (tertiary/aromatic N) is 4. The average Bonchev–Trinajstić information content (AvgIpc) is 2.63. The summed E-state index contributed by atoms with van der Waals surface area (Å²) in [6.45, 7) is 5.08. The van der Waals surface area contributed by atoms with Crippen molar-refractivity contribution in [2.24, 2.45) is 9.98 Å². The molecular weight excluding hydrogens is 341 g/mol. The predicted octanol–water partition coefficient (Wildman–Crippen LogP) is 4.65. The van der Waals surface area contributed by atoms with Gasteiger partial charge in [-0.2, -0.15) is 0 Å². The second-order valence-corrected chi connectivity index (χ2v) is 5.40. The lowest BCUT2D eigenvalue weighted by molar-refractivity contribution is 0.583. The highest BCUT2D eigenvalue weighted by molar-refractivity contribution is 6.01. The Morgan fingerprint density at radius 2 is 1.81 bits per heavy atom. The van der Waals surface area contributed by atoms with Crippen molar-refractivity contribution in [3.8, 4) is 11.1 Å². The first-order chi connectivity index (χ1) is 12.5. The summed E-state index contributed by atoms with van der Waals surface area (Å²) in [5.41, 5.74) is 0.708. The van der Waals surface area contributed by atoms with E-state index < -0.39 is 17.5 Å². The molecule has 0 fully saturated rings. The smallest absolute Gasteiger partial charge is 0.179 e. The van der Waals surface area contributed by atoms with Gasteiger partial charge in [0.15, 0.2) is 11.7 Å². The summed E-state index contributed by atoms with van der Waals surface area (Å²) in [6.07, 6.45) is 4.35. The van der Waals surface area contributed by atoms with E-state index in [4.69, 9.17) is 0 Å². The highest BCUT2D eigenvalue weighted by atomic mass is 19.1. The van der Waals surface area contributed by atoms with Crippen LogP contribution in [-0.2, 0) is 0 Å². The van der Waals surface area contributed by atoms with E-state index in [0.717, 1.165) is 6.07 Å². The molecule has 0 aliphatic rings. The Bertz CT molecular complexity index is 1000. The van der Waals surface area contributed by atoms with Gasteiger partial charge in [-0.3, -0.25) is 4.98 Å². The zero-order chi connectivity index (χ0) is 18.7. The number of aryl methyl sites for hydroxylation is 1. The number of aliphatic imine (C=N–C) groups is 2. The highest BCUT2D eigenvalue weighted by Crippen LogP contribution is 2.34. The molecule has 1 heterocycles. The maximum absolute atomic E-state index is 15.0. The van der Waals surface area contributed by atoms with E-state index in [1.54, 1.807) is 13.0 Å². The second kappa shape index (κ2) is 7.26. The Balaban J connectivity index is 2.17. The molecule has 2 aromatic carbocycles. The quantitative estimate of drug-likeness (QED) is 0.508. The van der Waals surface area contributed by atoms with Crippen LogP contribution in [0.3, 0.4) is 0 Å². The largest absolute Gasteiger partial charge is 0.261 e. The van der Waals surface area contributed by atoms with Crippen molar-refractivity contribution >= 4 is 18.2 Å². The fourth-order valence-electron chi connectivity index (χ4n) is 2.41. The van der Waals surface area contributed by atoms with Crippen LogP contribution in [0.25, 0.3) is 11.1 Å². The molecular formula is C19H13F3N4. The summed E-state index contributed by atoms with van der Waals surface area (Å²) < 4.78 is 42.2. The lowest BCUT2D eigenvalue weighted by atomic mass is 10.0. The average molecular weight is 354 g/mol. The molecule has 0 spiro atoms. The van der Waals surface area contributed by atoms with Crippen LogP contribution in [0.1, 0.15) is 11.3 Å². The molecule has 0 unspecified atom stereocenters. The highest BCUT2D eigenvalue weighted by Gasteiger charge is 2.17. The van der Waals surface area contributed by atoms with Crippen molar-refractivity contribution in [3.05, 3.63) is 77.6 Å². The van der Waals surface area contributed by atoms with Gasteiger partial charge >= 0.3 is 0 Å². The lowest BCUT2D eigenvalue weighted by Gasteiger charge is -2.10. The topological polar surface area (TPSA) is 50.5 Å². The fourth-order valence-corrected chi connectivity index (χ4v) is 2.41. The van der Waals surface area contributed by atoms with E-state index in [1.807, 2.05) is 0 Å². The molecule has 26 heavy (non-hydrogen) atoms. The third-order valence-electron chi connectivity index (χ3n) is 3.70. The van der Waals surface area contributed by atoms with E-state index in [0.29, 0.717) is 17.3 Å². The third kappa shape index (κ3) is 3.37. The van der Waals surface area contributed by atoms with Gasteiger partial charge in [-0.25, -0.2) is 28.1 Å². The van der Waals surface area contributed by atoms with Gasteiger partial charge in [0.25, 0.3) is 0 Å². The number of hydrogen-bond acceptors (Lipinski definition) is 3. The van der Waals surface area contributed by atoms with Crippen LogP contribution in [0.4, 0.5) is 18.9 Å². The molecule has 0 bridgehead atoms. The Morgan fingerprint density at radius 3 is 2.46 bits per heavy atom. The number of halogens is 3. The van der Waals surface area contributed by atoms with Crippen LogP contribution in [0.5, 0.6) is 0 Å². The van der Waals surface area contributed by atoms with Crippen molar-refractivity contribution in [3.63, 3.8) is 0 Å². The van der Waals surface area contributed by atoms with Gasteiger partial charge in [-0.15, -0.1) is 0 Å². The molecule has 0 aliphatic heterocycles. The summed E-state index contributed by atoms with van der Waals surface area (Å²) in [5, 5.41) is 0. The minimum Gasteiger partial charge on any atom is -0.261 e. The van der Waals surface area contributed by atoms with Gasteiger partial charge in [-0.05, 0) is 31.3 Å². The van der Waals surface area contributed by atoms with Crippen LogP contribution >= 0.6 is 0 Å². The van der Waals surface area contributed by atoms with Crippen molar-refractivity contribution in [2.75, 3.05) is 0 Å². The molecule has 0 N–H and O–H groups in total. The summed E-state index contributed by atoms with van der Waals surface area (Å²) >= 11 is 0.